The van der Waals surface area contributed by atoms with Gasteiger partial charge in [-0.3, -0.25) is 0 Å². The van der Waals surface area contributed by atoms with Gasteiger partial charge in [0.15, 0.2) is 0 Å². The van der Waals surface area contributed by atoms with Crippen LogP contribution in [0.4, 0.5) is 0 Å². The van der Waals surface area contributed by atoms with Crippen molar-refractivity contribution in [3.63, 3.8) is 0 Å². The van der Waals surface area contributed by atoms with Crippen LogP contribution in [0.15, 0.2) is 0 Å². The van der Waals surface area contributed by atoms with Gasteiger partial charge in [-0.1, -0.05) is 71.6 Å². The molecule has 0 aromatic heterocycles. The second kappa shape index (κ2) is 14.6. The molecule has 0 radical (unpaired) electrons. The van der Waals surface area contributed by atoms with E-state index in [0.717, 1.165) is 12.8 Å². The molecule has 0 fully saturated rings. The summed E-state index contributed by atoms with van der Waals surface area (Å²) in [7, 11) is 0. The van der Waals surface area contributed by atoms with Crippen LogP contribution in [0.5, 0.6) is 0 Å². The van der Waals surface area contributed by atoms with Gasteiger partial charge in [-0.15, -0.1) is 0 Å². The van der Waals surface area contributed by atoms with E-state index in [0.29, 0.717) is 6.04 Å². The second-order valence-corrected chi connectivity index (χ2v) is 5.54. The summed E-state index contributed by atoms with van der Waals surface area (Å²) in [4.78, 5) is 3.78. The Hall–Kier alpha value is -0.510. The van der Waals surface area contributed by atoms with E-state index in [1.807, 2.05) is 0 Å². The molecule has 0 bridgehead atoms. The highest BCUT2D eigenvalue weighted by Gasteiger charge is 2.10. The van der Waals surface area contributed by atoms with Crippen LogP contribution in [0.3, 0.4) is 0 Å². The smallest absolute Gasteiger partial charge is 0.223 e. The molecule has 0 heterocycles. The Morgan fingerprint density at radius 2 is 1.06 bits per heavy atom. The molecule has 106 valence electrons. The van der Waals surface area contributed by atoms with Crippen LogP contribution in [-0.2, 0) is 0 Å². The van der Waals surface area contributed by atoms with Gasteiger partial charge < -0.3 is 4.85 Å². The molecule has 1 atom stereocenters. The highest BCUT2D eigenvalue weighted by molar-refractivity contribution is 4.78. The van der Waals surface area contributed by atoms with E-state index >= 15 is 0 Å². The van der Waals surface area contributed by atoms with E-state index in [4.69, 9.17) is 6.57 Å². The van der Waals surface area contributed by atoms with Crippen molar-refractivity contribution >= 4 is 0 Å². The van der Waals surface area contributed by atoms with Crippen molar-refractivity contribution in [3.8, 4) is 0 Å². The lowest BCUT2D eigenvalue weighted by molar-refractivity contribution is 0.520. The third kappa shape index (κ3) is 12.0. The van der Waals surface area contributed by atoms with Gasteiger partial charge in [0.25, 0.3) is 0 Å². The van der Waals surface area contributed by atoms with Crippen LogP contribution < -0.4 is 0 Å². The summed E-state index contributed by atoms with van der Waals surface area (Å²) in [6, 6.07) is 0.317. The van der Waals surface area contributed by atoms with Crippen LogP contribution >= 0.6 is 0 Å². The number of rotatable bonds is 13. The van der Waals surface area contributed by atoms with Gasteiger partial charge in [0.1, 0.15) is 0 Å². The summed E-state index contributed by atoms with van der Waals surface area (Å²) in [5.41, 5.74) is 0. The predicted molar refractivity (Wildman–Crippen MR) is 81.8 cm³/mol. The Morgan fingerprint density at radius 1 is 0.667 bits per heavy atom. The molecule has 0 aliphatic heterocycles. The topological polar surface area (TPSA) is 4.36 Å². The summed E-state index contributed by atoms with van der Waals surface area (Å²) in [5.74, 6) is 0. The van der Waals surface area contributed by atoms with Crippen molar-refractivity contribution in [2.75, 3.05) is 0 Å². The fraction of sp³-hybridized carbons (Fsp3) is 0.941. The molecule has 0 saturated carbocycles. The van der Waals surface area contributed by atoms with Crippen molar-refractivity contribution in [2.45, 2.75) is 103 Å². The molecule has 1 heteroatoms. The molecule has 1 unspecified atom stereocenters. The van der Waals surface area contributed by atoms with Gasteiger partial charge in [0.2, 0.25) is 6.04 Å². The van der Waals surface area contributed by atoms with Crippen molar-refractivity contribution in [1.29, 1.82) is 0 Å². The number of nitrogens with zero attached hydrogens (tertiary/aromatic N) is 1. The zero-order chi connectivity index (χ0) is 13.5. The SMILES string of the molecule is [C-]#[N+]C(CCCCCC)CCCCCCCCC. The van der Waals surface area contributed by atoms with Crippen LogP contribution in [0.2, 0.25) is 0 Å². The van der Waals surface area contributed by atoms with Gasteiger partial charge >= 0.3 is 0 Å². The minimum Gasteiger partial charge on any atom is -0.314 e. The first-order valence-corrected chi connectivity index (χ1v) is 8.21. The first-order valence-electron chi connectivity index (χ1n) is 8.21. The fourth-order valence-electron chi connectivity index (χ4n) is 2.42. The highest BCUT2D eigenvalue weighted by Crippen LogP contribution is 2.15. The predicted octanol–water partition coefficient (Wildman–Crippen LogP) is 6.39. The Kier molecular flexibility index (Phi) is 14.1. The Balaban J connectivity index is 3.31. The highest BCUT2D eigenvalue weighted by atomic mass is 14.7. The van der Waals surface area contributed by atoms with E-state index in [2.05, 4.69) is 18.7 Å². The standard InChI is InChI=1S/C17H33N/c1-4-6-8-10-11-12-14-16-17(18-3)15-13-9-7-5-2/h17H,4-16H2,1-2H3. The average Bonchev–Trinajstić information content (AvgIpc) is 2.40. The summed E-state index contributed by atoms with van der Waals surface area (Å²) >= 11 is 0. The number of unbranched alkanes of at least 4 members (excludes halogenated alkanes) is 9. The molecular weight excluding hydrogens is 218 g/mol. The number of hydrogen-bond donors (Lipinski definition) is 0. The summed E-state index contributed by atoms with van der Waals surface area (Å²) in [6.07, 6.45) is 17.0. The molecular formula is C17H33N. The maximum Gasteiger partial charge on any atom is 0.223 e. The molecule has 0 rings (SSSR count). The van der Waals surface area contributed by atoms with Gasteiger partial charge in [0, 0.05) is 12.8 Å². The second-order valence-electron chi connectivity index (χ2n) is 5.54. The van der Waals surface area contributed by atoms with Crippen molar-refractivity contribution in [2.24, 2.45) is 0 Å². The van der Waals surface area contributed by atoms with E-state index in [-0.39, 0.29) is 0 Å². The minimum atomic E-state index is 0.317. The molecule has 0 saturated heterocycles. The molecule has 1 nitrogen and oxygen atoms in total. The monoisotopic (exact) mass is 251 g/mol. The molecule has 0 N–H and O–H groups in total. The third-order valence-corrected chi connectivity index (χ3v) is 3.71. The molecule has 18 heavy (non-hydrogen) atoms. The summed E-state index contributed by atoms with van der Waals surface area (Å²) in [5, 5.41) is 0. The Morgan fingerprint density at radius 3 is 1.50 bits per heavy atom. The van der Waals surface area contributed by atoms with Gasteiger partial charge in [0.05, 0.1) is 0 Å². The van der Waals surface area contributed by atoms with Crippen LogP contribution in [0.25, 0.3) is 4.85 Å². The molecule has 0 aliphatic rings. The maximum absolute atomic E-state index is 7.24. The summed E-state index contributed by atoms with van der Waals surface area (Å²) in [6.45, 7) is 11.7. The van der Waals surface area contributed by atoms with Crippen molar-refractivity contribution in [1.82, 2.24) is 0 Å². The van der Waals surface area contributed by atoms with Gasteiger partial charge in [-0.05, 0) is 12.8 Å². The lowest BCUT2D eigenvalue weighted by Crippen LogP contribution is -2.01. The van der Waals surface area contributed by atoms with E-state index in [1.54, 1.807) is 0 Å². The van der Waals surface area contributed by atoms with Crippen LogP contribution in [-0.4, -0.2) is 6.04 Å². The molecule has 0 aliphatic carbocycles. The quantitative estimate of drug-likeness (QED) is 0.264. The van der Waals surface area contributed by atoms with Gasteiger partial charge in [-0.25, -0.2) is 6.57 Å². The maximum atomic E-state index is 7.24. The lowest BCUT2D eigenvalue weighted by atomic mass is 10.0. The average molecular weight is 251 g/mol. The molecule has 0 spiro atoms. The van der Waals surface area contributed by atoms with E-state index in [1.165, 1.54) is 70.6 Å². The van der Waals surface area contributed by atoms with Gasteiger partial charge in [-0.2, -0.15) is 0 Å². The third-order valence-electron chi connectivity index (χ3n) is 3.71. The Labute approximate surface area is 115 Å². The van der Waals surface area contributed by atoms with Crippen molar-refractivity contribution < 1.29 is 0 Å². The summed E-state index contributed by atoms with van der Waals surface area (Å²) < 4.78 is 0. The first kappa shape index (κ1) is 17.5. The fourth-order valence-corrected chi connectivity index (χ4v) is 2.42. The molecule has 0 aromatic rings. The largest absolute Gasteiger partial charge is 0.314 e. The normalized spacial score (nSPS) is 12.3. The van der Waals surface area contributed by atoms with E-state index in [9.17, 15) is 0 Å². The minimum absolute atomic E-state index is 0.317. The van der Waals surface area contributed by atoms with E-state index < -0.39 is 0 Å². The lowest BCUT2D eigenvalue weighted by Gasteiger charge is -2.05. The number of hydrogen-bond acceptors (Lipinski definition) is 0. The van der Waals surface area contributed by atoms with Crippen molar-refractivity contribution in [3.05, 3.63) is 11.4 Å². The Bertz CT molecular complexity index is 192. The van der Waals surface area contributed by atoms with Crippen LogP contribution in [0.1, 0.15) is 97.3 Å². The zero-order valence-corrected chi connectivity index (χ0v) is 12.7. The van der Waals surface area contributed by atoms with Crippen LogP contribution in [0, 0.1) is 6.57 Å². The molecule has 0 amide bonds. The zero-order valence-electron chi connectivity index (χ0n) is 12.7. The molecule has 0 aromatic carbocycles. The first-order chi connectivity index (χ1) is 8.85.